The molecule has 0 radical (unpaired) electrons. The van der Waals surface area contributed by atoms with Gasteiger partial charge in [-0.3, -0.25) is 4.90 Å². The first kappa shape index (κ1) is 15.8. The molecule has 0 aromatic heterocycles. The maximum absolute atomic E-state index is 12.5. The summed E-state index contributed by atoms with van der Waals surface area (Å²) in [5.74, 6) is 0. The molecule has 18 heavy (non-hydrogen) atoms. The zero-order chi connectivity index (χ0) is 13.8. The van der Waals surface area contributed by atoms with Crippen molar-refractivity contribution >= 4 is 0 Å². The van der Waals surface area contributed by atoms with Gasteiger partial charge in [0.05, 0.1) is 6.54 Å². The summed E-state index contributed by atoms with van der Waals surface area (Å²) in [5.41, 5.74) is 6.02. The lowest BCUT2D eigenvalue weighted by Crippen LogP contribution is -2.47. The van der Waals surface area contributed by atoms with E-state index in [1.807, 2.05) is 0 Å². The van der Waals surface area contributed by atoms with E-state index < -0.39 is 12.7 Å². The molecular formula is C13H25F3N2. The Balaban J connectivity index is 2.46. The highest BCUT2D eigenvalue weighted by molar-refractivity contribution is 4.88. The van der Waals surface area contributed by atoms with E-state index in [0.717, 1.165) is 25.7 Å². The molecule has 0 aromatic carbocycles. The summed E-state index contributed by atoms with van der Waals surface area (Å²) in [6, 6.07) is -0.0983. The smallest absolute Gasteiger partial charge is 0.325 e. The summed E-state index contributed by atoms with van der Waals surface area (Å²) in [5, 5.41) is 0. The van der Waals surface area contributed by atoms with Gasteiger partial charge in [-0.2, -0.15) is 13.2 Å². The van der Waals surface area contributed by atoms with Gasteiger partial charge in [-0.15, -0.1) is 0 Å². The molecule has 1 rings (SSSR count). The van der Waals surface area contributed by atoms with E-state index in [1.165, 1.54) is 11.3 Å². The summed E-state index contributed by atoms with van der Waals surface area (Å²) < 4.78 is 37.4. The molecule has 0 unspecified atom stereocenters. The van der Waals surface area contributed by atoms with Crippen molar-refractivity contribution in [3.8, 4) is 0 Å². The van der Waals surface area contributed by atoms with Crippen molar-refractivity contribution in [2.24, 2.45) is 5.73 Å². The van der Waals surface area contributed by atoms with Crippen molar-refractivity contribution in [1.29, 1.82) is 0 Å². The Morgan fingerprint density at radius 3 is 2.17 bits per heavy atom. The second kappa shape index (κ2) is 6.24. The van der Waals surface area contributed by atoms with Crippen molar-refractivity contribution < 1.29 is 13.2 Å². The molecule has 1 aliphatic carbocycles. The summed E-state index contributed by atoms with van der Waals surface area (Å²) in [4.78, 5) is 1.48. The van der Waals surface area contributed by atoms with E-state index in [0.29, 0.717) is 13.0 Å². The molecule has 5 heteroatoms. The fraction of sp³-hybridized carbons (Fsp3) is 1.00. The second-order valence-corrected chi connectivity index (χ2v) is 5.85. The van der Waals surface area contributed by atoms with Gasteiger partial charge in [-0.05, 0) is 33.1 Å². The minimum absolute atomic E-state index is 0.0983. The van der Waals surface area contributed by atoms with E-state index in [1.54, 1.807) is 13.8 Å². The Kier molecular flexibility index (Phi) is 5.46. The van der Waals surface area contributed by atoms with E-state index in [4.69, 9.17) is 5.73 Å². The van der Waals surface area contributed by atoms with Crippen molar-refractivity contribution in [3.63, 3.8) is 0 Å². The molecule has 0 bridgehead atoms. The number of nitrogens with zero attached hydrogens (tertiary/aromatic N) is 1. The minimum Gasteiger partial charge on any atom is -0.325 e. The summed E-state index contributed by atoms with van der Waals surface area (Å²) in [7, 11) is 0. The highest BCUT2D eigenvalue weighted by Gasteiger charge is 2.33. The normalized spacial score (nSPS) is 20.7. The van der Waals surface area contributed by atoms with Crippen LogP contribution >= 0.6 is 0 Å². The van der Waals surface area contributed by atoms with Crippen LogP contribution in [0.2, 0.25) is 0 Å². The number of hydrogen-bond acceptors (Lipinski definition) is 2. The van der Waals surface area contributed by atoms with Crippen LogP contribution in [0, 0.1) is 0 Å². The van der Waals surface area contributed by atoms with E-state index in [-0.39, 0.29) is 11.6 Å². The molecule has 0 amide bonds. The lowest BCUT2D eigenvalue weighted by atomic mass is 9.80. The number of hydrogen-bond donors (Lipinski definition) is 1. The topological polar surface area (TPSA) is 29.3 Å². The fourth-order valence-corrected chi connectivity index (χ4v) is 2.62. The van der Waals surface area contributed by atoms with Crippen LogP contribution in [0.1, 0.15) is 52.4 Å². The Bertz CT molecular complexity index is 245. The average Bonchev–Trinajstić information content (AvgIpc) is 2.23. The Morgan fingerprint density at radius 1 is 1.17 bits per heavy atom. The van der Waals surface area contributed by atoms with Gasteiger partial charge in [-0.1, -0.05) is 19.3 Å². The van der Waals surface area contributed by atoms with Gasteiger partial charge in [-0.25, -0.2) is 0 Å². The van der Waals surface area contributed by atoms with Gasteiger partial charge >= 0.3 is 6.18 Å². The first-order valence-corrected chi connectivity index (χ1v) is 6.82. The van der Waals surface area contributed by atoms with Crippen LogP contribution in [0.4, 0.5) is 13.2 Å². The molecule has 2 N–H and O–H groups in total. The lowest BCUT2D eigenvalue weighted by Gasteiger charge is -2.36. The summed E-state index contributed by atoms with van der Waals surface area (Å²) in [6.45, 7) is 3.21. The lowest BCUT2D eigenvalue weighted by molar-refractivity contribution is -0.150. The van der Waals surface area contributed by atoms with Crippen LogP contribution < -0.4 is 5.73 Å². The van der Waals surface area contributed by atoms with Gasteiger partial charge in [0, 0.05) is 18.1 Å². The predicted octanol–water partition coefficient (Wildman–Crippen LogP) is 3.31. The van der Waals surface area contributed by atoms with Crippen molar-refractivity contribution in [2.45, 2.75) is 70.1 Å². The van der Waals surface area contributed by atoms with Crippen LogP contribution in [0.15, 0.2) is 0 Å². The number of rotatable bonds is 5. The largest absolute Gasteiger partial charge is 0.401 e. The predicted molar refractivity (Wildman–Crippen MR) is 67.4 cm³/mol. The molecular weight excluding hydrogens is 241 g/mol. The minimum atomic E-state index is -4.13. The third kappa shape index (κ3) is 5.57. The van der Waals surface area contributed by atoms with Crippen LogP contribution in [0.5, 0.6) is 0 Å². The van der Waals surface area contributed by atoms with E-state index >= 15 is 0 Å². The van der Waals surface area contributed by atoms with Crippen molar-refractivity contribution in [3.05, 3.63) is 0 Å². The van der Waals surface area contributed by atoms with Gasteiger partial charge in [0.1, 0.15) is 0 Å². The zero-order valence-corrected chi connectivity index (χ0v) is 11.4. The molecule has 0 aliphatic heterocycles. The van der Waals surface area contributed by atoms with Crippen LogP contribution in [-0.4, -0.2) is 35.7 Å². The molecule has 1 saturated carbocycles. The van der Waals surface area contributed by atoms with Crippen molar-refractivity contribution in [2.75, 3.05) is 13.1 Å². The molecule has 1 fully saturated rings. The molecule has 2 nitrogen and oxygen atoms in total. The monoisotopic (exact) mass is 266 g/mol. The number of alkyl halides is 3. The molecule has 0 spiro atoms. The zero-order valence-electron chi connectivity index (χ0n) is 11.4. The second-order valence-electron chi connectivity index (χ2n) is 5.85. The first-order valence-electron chi connectivity index (χ1n) is 6.82. The van der Waals surface area contributed by atoms with Crippen LogP contribution in [0.3, 0.4) is 0 Å². The summed E-state index contributed by atoms with van der Waals surface area (Å²) in [6.07, 6.45) is 1.86. The molecule has 0 aromatic rings. The highest BCUT2D eigenvalue weighted by atomic mass is 19.4. The van der Waals surface area contributed by atoms with E-state index in [2.05, 4.69) is 0 Å². The van der Waals surface area contributed by atoms with Crippen molar-refractivity contribution in [1.82, 2.24) is 4.90 Å². The third-order valence-electron chi connectivity index (χ3n) is 3.86. The molecule has 108 valence electrons. The Labute approximate surface area is 108 Å². The standard InChI is InChI=1S/C13H25F3N2/c1-11(2)18(10-13(14,15)16)9-8-12(17)6-4-3-5-7-12/h11H,3-10,17H2,1-2H3. The maximum atomic E-state index is 12.5. The average molecular weight is 266 g/mol. The van der Waals surface area contributed by atoms with Gasteiger partial charge in [0.25, 0.3) is 0 Å². The van der Waals surface area contributed by atoms with Crippen LogP contribution in [0.25, 0.3) is 0 Å². The quantitative estimate of drug-likeness (QED) is 0.827. The fourth-order valence-electron chi connectivity index (χ4n) is 2.62. The summed E-state index contributed by atoms with van der Waals surface area (Å²) >= 11 is 0. The molecule has 0 atom stereocenters. The molecule has 0 saturated heterocycles. The highest BCUT2D eigenvalue weighted by Crippen LogP contribution is 2.29. The Hall–Kier alpha value is -0.290. The molecule has 0 heterocycles. The van der Waals surface area contributed by atoms with Gasteiger partial charge in [0.15, 0.2) is 0 Å². The van der Waals surface area contributed by atoms with Crippen LogP contribution in [-0.2, 0) is 0 Å². The molecule has 1 aliphatic rings. The Morgan fingerprint density at radius 2 is 1.72 bits per heavy atom. The van der Waals surface area contributed by atoms with Gasteiger partial charge in [0.2, 0.25) is 0 Å². The maximum Gasteiger partial charge on any atom is 0.401 e. The third-order valence-corrected chi connectivity index (χ3v) is 3.86. The van der Waals surface area contributed by atoms with Gasteiger partial charge < -0.3 is 5.73 Å². The first-order chi connectivity index (χ1) is 8.22. The number of halogens is 3. The SMILES string of the molecule is CC(C)N(CCC1(N)CCCCC1)CC(F)(F)F. The number of nitrogens with two attached hydrogens (primary N) is 1. The van der Waals surface area contributed by atoms with E-state index in [9.17, 15) is 13.2 Å².